The lowest BCUT2D eigenvalue weighted by atomic mass is 10.1. The van der Waals surface area contributed by atoms with Crippen LogP contribution in [-0.4, -0.2) is 11.5 Å². The van der Waals surface area contributed by atoms with Crippen LogP contribution in [0.2, 0.25) is 0 Å². The molecule has 1 N–H and O–H groups in total. The van der Waals surface area contributed by atoms with Crippen LogP contribution in [-0.2, 0) is 0 Å². The van der Waals surface area contributed by atoms with Crippen molar-refractivity contribution in [2.24, 2.45) is 0 Å². The Balaban J connectivity index is 1.94. The van der Waals surface area contributed by atoms with Crippen LogP contribution >= 0.6 is 0 Å². The summed E-state index contributed by atoms with van der Waals surface area (Å²) in [6.45, 7) is 0. The number of phenolic OH excluding ortho intramolecular Hbond substituents is 1. The zero-order valence-corrected chi connectivity index (χ0v) is 13.9. The van der Waals surface area contributed by atoms with Crippen molar-refractivity contribution in [2.75, 3.05) is 0 Å². The zero-order chi connectivity index (χ0) is 19.8. The van der Waals surface area contributed by atoms with Gasteiger partial charge in [0.15, 0.2) is 10.9 Å². The van der Waals surface area contributed by atoms with E-state index in [9.17, 15) is 27.9 Å². The van der Waals surface area contributed by atoms with Gasteiger partial charge in [-0.25, -0.2) is 0 Å². The number of benzene rings is 3. The third-order valence-electron chi connectivity index (χ3n) is 4.95. The Morgan fingerprint density at radius 2 is 1.29 bits per heavy atom. The fourth-order valence-corrected chi connectivity index (χ4v) is 3.89. The lowest BCUT2D eigenvalue weighted by Crippen LogP contribution is -2.17. The van der Waals surface area contributed by atoms with Crippen molar-refractivity contribution in [3.63, 3.8) is 0 Å². The van der Waals surface area contributed by atoms with Gasteiger partial charge in [-0.1, -0.05) is 6.07 Å². The molecule has 0 heterocycles. The van der Waals surface area contributed by atoms with Gasteiger partial charge >= 0.3 is 6.36 Å². The highest BCUT2D eigenvalue weighted by atomic mass is 19.4. The minimum absolute atomic E-state index is 0.0693. The van der Waals surface area contributed by atoms with Crippen molar-refractivity contribution in [3.05, 3.63) is 69.0 Å². The first-order chi connectivity index (χ1) is 13.2. The third-order valence-corrected chi connectivity index (χ3v) is 4.95. The molecule has 5 rings (SSSR count). The smallest absolute Gasteiger partial charge is 0.508 e. The maximum absolute atomic E-state index is 13.1. The number of ether oxygens (including phenoxy) is 1. The van der Waals surface area contributed by atoms with Gasteiger partial charge in [-0.3, -0.25) is 9.59 Å². The van der Waals surface area contributed by atoms with Crippen molar-refractivity contribution in [2.45, 2.75) is 6.36 Å². The molecular weight excluding hydrogens is 373 g/mol. The standard InChI is InChI=1S/C21H9F3O4/c22-21(23,24)28-10-2-4-11-12-5-6-14-17(18(12)20(27)16(11)8-10)13-3-1-9(25)7-15(13)19(14)26/h1-8,25H. The van der Waals surface area contributed by atoms with Gasteiger partial charge in [0.05, 0.1) is 0 Å². The van der Waals surface area contributed by atoms with Crippen molar-refractivity contribution in [1.29, 1.82) is 0 Å². The summed E-state index contributed by atoms with van der Waals surface area (Å²) in [6.07, 6.45) is -4.86. The number of rotatable bonds is 1. The first kappa shape index (κ1) is 16.6. The Labute approximate surface area is 153 Å². The number of hydrogen-bond donors (Lipinski definition) is 1. The van der Waals surface area contributed by atoms with Gasteiger partial charge < -0.3 is 9.84 Å². The van der Waals surface area contributed by atoms with Crippen LogP contribution in [0.4, 0.5) is 13.2 Å². The highest BCUT2D eigenvalue weighted by molar-refractivity contribution is 6.28. The monoisotopic (exact) mass is 382 g/mol. The normalized spacial score (nSPS) is 12.5. The number of fused-ring (bicyclic) bond motifs is 7. The molecule has 5 aromatic rings. The molecule has 138 valence electrons. The summed E-state index contributed by atoms with van der Waals surface area (Å²) in [7, 11) is 0. The van der Waals surface area contributed by atoms with E-state index >= 15 is 0 Å². The zero-order valence-electron chi connectivity index (χ0n) is 13.9. The van der Waals surface area contributed by atoms with Gasteiger partial charge in [0.2, 0.25) is 0 Å². The average molecular weight is 382 g/mol. The molecule has 0 aromatic heterocycles. The van der Waals surface area contributed by atoms with Crippen molar-refractivity contribution < 1.29 is 23.0 Å². The van der Waals surface area contributed by atoms with E-state index in [4.69, 9.17) is 0 Å². The summed E-state index contributed by atoms with van der Waals surface area (Å²) in [5.41, 5.74) is -0.781. The Morgan fingerprint density at radius 3 is 2.04 bits per heavy atom. The lowest BCUT2D eigenvalue weighted by Gasteiger charge is -2.08. The molecule has 0 amide bonds. The van der Waals surface area contributed by atoms with Crippen molar-refractivity contribution in [3.8, 4) is 11.5 Å². The Kier molecular flexibility index (Phi) is 3.09. The average Bonchev–Trinajstić information content (AvgIpc) is 3.06. The van der Waals surface area contributed by atoms with E-state index in [0.29, 0.717) is 26.9 Å². The third kappa shape index (κ3) is 2.19. The highest BCUT2D eigenvalue weighted by Gasteiger charge is 2.31. The van der Waals surface area contributed by atoms with Crippen LogP contribution < -0.4 is 15.6 Å². The second-order valence-corrected chi connectivity index (χ2v) is 6.55. The van der Waals surface area contributed by atoms with Crippen LogP contribution in [0.1, 0.15) is 0 Å². The second kappa shape index (κ2) is 5.22. The Hall–Kier alpha value is -3.61. The largest absolute Gasteiger partial charge is 0.573 e. The number of alkyl halides is 3. The highest BCUT2D eigenvalue weighted by Crippen LogP contribution is 2.36. The molecule has 0 aliphatic carbocycles. The van der Waals surface area contributed by atoms with Gasteiger partial charge in [-0.05, 0) is 58.6 Å². The molecule has 0 saturated carbocycles. The number of halogens is 3. The Bertz CT molecular complexity index is 1520. The molecule has 0 unspecified atom stereocenters. The summed E-state index contributed by atoms with van der Waals surface area (Å²) < 4.78 is 41.4. The van der Waals surface area contributed by atoms with E-state index in [-0.39, 0.29) is 27.3 Å². The summed E-state index contributed by atoms with van der Waals surface area (Å²) in [5.74, 6) is -0.550. The number of aromatic hydroxyl groups is 1. The topological polar surface area (TPSA) is 63.6 Å². The molecule has 0 saturated heterocycles. The van der Waals surface area contributed by atoms with Crippen molar-refractivity contribution >= 4 is 43.1 Å². The summed E-state index contributed by atoms with van der Waals surface area (Å²) >= 11 is 0. The van der Waals surface area contributed by atoms with E-state index in [1.165, 1.54) is 18.2 Å². The predicted octanol–water partition coefficient (Wildman–Crippen LogP) is 4.50. The molecule has 0 atom stereocenters. The number of hydrogen-bond acceptors (Lipinski definition) is 4. The van der Waals surface area contributed by atoms with Crippen molar-refractivity contribution in [1.82, 2.24) is 0 Å². The minimum atomic E-state index is -4.86. The minimum Gasteiger partial charge on any atom is -0.508 e. The molecule has 0 aliphatic rings. The van der Waals surface area contributed by atoms with Gasteiger partial charge in [0, 0.05) is 26.9 Å². The molecule has 0 radical (unpaired) electrons. The van der Waals surface area contributed by atoms with E-state index < -0.39 is 17.5 Å². The first-order valence-electron chi connectivity index (χ1n) is 8.24. The molecule has 0 bridgehead atoms. The molecule has 4 nitrogen and oxygen atoms in total. The number of phenols is 1. The summed E-state index contributed by atoms with van der Waals surface area (Å²) in [5, 5.41) is 12.6. The second-order valence-electron chi connectivity index (χ2n) is 6.55. The molecule has 0 aliphatic heterocycles. The van der Waals surface area contributed by atoms with E-state index in [1.807, 2.05) is 0 Å². The van der Waals surface area contributed by atoms with Crippen LogP contribution in [0.15, 0.2) is 58.1 Å². The van der Waals surface area contributed by atoms with Gasteiger partial charge in [-0.2, -0.15) is 0 Å². The quantitative estimate of drug-likeness (QED) is 0.464. The maximum atomic E-state index is 13.1. The molecule has 0 fully saturated rings. The lowest BCUT2D eigenvalue weighted by molar-refractivity contribution is -0.274. The summed E-state index contributed by atoms with van der Waals surface area (Å²) in [4.78, 5) is 25.7. The van der Waals surface area contributed by atoms with Crippen LogP contribution in [0.3, 0.4) is 0 Å². The first-order valence-corrected chi connectivity index (χ1v) is 8.24. The van der Waals surface area contributed by atoms with E-state index in [1.54, 1.807) is 18.2 Å². The molecule has 0 spiro atoms. The predicted molar refractivity (Wildman–Crippen MR) is 99.7 cm³/mol. The fourth-order valence-electron chi connectivity index (χ4n) is 3.89. The van der Waals surface area contributed by atoms with E-state index in [2.05, 4.69) is 4.74 Å². The molecule has 28 heavy (non-hydrogen) atoms. The van der Waals surface area contributed by atoms with Gasteiger partial charge in [0.1, 0.15) is 11.5 Å². The molecular formula is C21H9F3O4. The van der Waals surface area contributed by atoms with Gasteiger partial charge in [0.25, 0.3) is 0 Å². The SMILES string of the molecule is O=c1c2cc(O)ccc2c2c1ccc1c3ccc(OC(F)(F)F)cc3c(=O)c12. The van der Waals surface area contributed by atoms with Crippen LogP contribution in [0.25, 0.3) is 43.1 Å². The fraction of sp³-hybridized carbons (Fsp3) is 0.0476. The maximum Gasteiger partial charge on any atom is 0.573 e. The van der Waals surface area contributed by atoms with Crippen LogP contribution in [0, 0.1) is 0 Å². The Morgan fingerprint density at radius 1 is 0.679 bits per heavy atom. The molecule has 5 aromatic carbocycles. The van der Waals surface area contributed by atoms with E-state index in [0.717, 1.165) is 12.1 Å². The molecule has 7 heteroatoms. The van der Waals surface area contributed by atoms with Crippen LogP contribution in [0.5, 0.6) is 11.5 Å². The van der Waals surface area contributed by atoms with Gasteiger partial charge in [-0.15, -0.1) is 13.2 Å². The summed E-state index contributed by atoms with van der Waals surface area (Å²) in [6, 6.07) is 11.1.